The van der Waals surface area contributed by atoms with Crippen molar-refractivity contribution in [1.82, 2.24) is 0 Å². The molecular weight excluding hydrogens is 314 g/mol. The zero-order valence-corrected chi connectivity index (χ0v) is 12.1. The molecule has 18 heavy (non-hydrogen) atoms. The van der Waals surface area contributed by atoms with Crippen LogP contribution < -0.4 is 4.74 Å². The van der Waals surface area contributed by atoms with Crippen molar-refractivity contribution in [2.45, 2.75) is 5.88 Å². The first kappa shape index (κ1) is 13.8. The average molecular weight is 322 g/mol. The molecule has 0 aliphatic rings. The number of ether oxygens (including phenoxy) is 1. The molecule has 0 aliphatic heterocycles. The lowest BCUT2D eigenvalue weighted by Gasteiger charge is -2.08. The van der Waals surface area contributed by atoms with Crippen LogP contribution in [0.3, 0.4) is 0 Å². The minimum absolute atomic E-state index is 0.363. The fourth-order valence-electron chi connectivity index (χ4n) is 1.42. The molecule has 0 N–H and O–H groups in total. The van der Waals surface area contributed by atoms with Crippen LogP contribution in [0.25, 0.3) is 0 Å². The van der Waals surface area contributed by atoms with Crippen LogP contribution >= 0.6 is 46.4 Å². The standard InChI is InChI=1S/C13H8Cl4O/c14-7-8-1-2-11(6-13(8)17)18-12-4-9(15)3-10(16)5-12/h1-6H,7H2. The minimum Gasteiger partial charge on any atom is -0.457 e. The van der Waals surface area contributed by atoms with E-state index in [0.717, 1.165) is 5.56 Å². The van der Waals surface area contributed by atoms with Crippen molar-refractivity contribution in [2.24, 2.45) is 0 Å². The van der Waals surface area contributed by atoms with E-state index in [1.165, 1.54) is 0 Å². The summed E-state index contributed by atoms with van der Waals surface area (Å²) in [7, 11) is 0. The number of benzene rings is 2. The van der Waals surface area contributed by atoms with Crippen molar-refractivity contribution in [3.63, 3.8) is 0 Å². The molecule has 2 rings (SSSR count). The molecule has 0 spiro atoms. The minimum atomic E-state index is 0.363. The van der Waals surface area contributed by atoms with Gasteiger partial charge in [0.1, 0.15) is 11.5 Å². The highest BCUT2D eigenvalue weighted by atomic mass is 35.5. The summed E-state index contributed by atoms with van der Waals surface area (Å²) in [5.74, 6) is 1.52. The van der Waals surface area contributed by atoms with Crippen molar-refractivity contribution in [2.75, 3.05) is 0 Å². The number of rotatable bonds is 3. The van der Waals surface area contributed by atoms with Crippen LogP contribution in [0.4, 0.5) is 0 Å². The fraction of sp³-hybridized carbons (Fsp3) is 0.0769. The normalized spacial score (nSPS) is 10.4. The van der Waals surface area contributed by atoms with Crippen molar-refractivity contribution in [3.8, 4) is 11.5 Å². The fourth-order valence-corrected chi connectivity index (χ4v) is 2.47. The second-order valence-electron chi connectivity index (χ2n) is 3.59. The lowest BCUT2D eigenvalue weighted by Crippen LogP contribution is -1.86. The maximum absolute atomic E-state index is 6.04. The van der Waals surface area contributed by atoms with Crippen LogP contribution in [0, 0.1) is 0 Å². The Morgan fingerprint density at radius 2 is 1.50 bits per heavy atom. The van der Waals surface area contributed by atoms with Gasteiger partial charge < -0.3 is 4.74 Å². The van der Waals surface area contributed by atoms with Crippen LogP contribution in [-0.4, -0.2) is 0 Å². The highest BCUT2D eigenvalue weighted by molar-refractivity contribution is 6.34. The molecular formula is C13H8Cl4O. The molecule has 0 aliphatic carbocycles. The number of hydrogen-bond donors (Lipinski definition) is 0. The van der Waals surface area contributed by atoms with Gasteiger partial charge in [-0.2, -0.15) is 0 Å². The van der Waals surface area contributed by atoms with E-state index in [9.17, 15) is 0 Å². The highest BCUT2D eigenvalue weighted by Gasteiger charge is 2.04. The molecule has 0 unspecified atom stereocenters. The first-order chi connectivity index (χ1) is 8.58. The third-order valence-electron chi connectivity index (χ3n) is 2.24. The van der Waals surface area contributed by atoms with Crippen LogP contribution in [-0.2, 0) is 5.88 Å². The molecule has 1 nitrogen and oxygen atoms in total. The van der Waals surface area contributed by atoms with Gasteiger partial charge in [0.25, 0.3) is 0 Å². The van der Waals surface area contributed by atoms with Gasteiger partial charge in [-0.15, -0.1) is 11.6 Å². The maximum atomic E-state index is 6.04. The van der Waals surface area contributed by atoms with E-state index in [2.05, 4.69) is 0 Å². The summed E-state index contributed by atoms with van der Waals surface area (Å²) in [5, 5.41) is 1.59. The Morgan fingerprint density at radius 1 is 0.833 bits per heavy atom. The summed E-state index contributed by atoms with van der Waals surface area (Å²) in [6.07, 6.45) is 0. The lowest BCUT2D eigenvalue weighted by molar-refractivity contribution is 0.482. The summed E-state index contributed by atoms with van der Waals surface area (Å²) in [5.41, 5.74) is 0.856. The Kier molecular flexibility index (Phi) is 4.63. The highest BCUT2D eigenvalue weighted by Crippen LogP contribution is 2.30. The van der Waals surface area contributed by atoms with Gasteiger partial charge in [0.15, 0.2) is 0 Å². The molecule has 2 aromatic carbocycles. The van der Waals surface area contributed by atoms with E-state index in [-0.39, 0.29) is 0 Å². The lowest BCUT2D eigenvalue weighted by atomic mass is 10.2. The van der Waals surface area contributed by atoms with E-state index in [4.69, 9.17) is 51.1 Å². The summed E-state index contributed by atoms with van der Waals surface area (Å²) in [6, 6.07) is 10.3. The van der Waals surface area contributed by atoms with Crippen LogP contribution in [0.2, 0.25) is 15.1 Å². The molecule has 0 bridgehead atoms. The van der Waals surface area contributed by atoms with Crippen LogP contribution in [0.1, 0.15) is 5.56 Å². The number of halogens is 4. The third kappa shape index (κ3) is 3.46. The Labute approximate surface area is 125 Å². The molecule has 0 fully saturated rings. The predicted octanol–water partition coefficient (Wildman–Crippen LogP) is 6.18. The third-order valence-corrected chi connectivity index (χ3v) is 3.32. The molecule has 0 saturated carbocycles. The van der Waals surface area contributed by atoms with Crippen molar-refractivity contribution < 1.29 is 4.74 Å². The second-order valence-corrected chi connectivity index (χ2v) is 5.14. The Balaban J connectivity index is 2.25. The summed E-state index contributed by atoms with van der Waals surface area (Å²) in [6.45, 7) is 0. The van der Waals surface area contributed by atoms with Gasteiger partial charge in [0.05, 0.1) is 0 Å². The molecule has 0 radical (unpaired) electrons. The van der Waals surface area contributed by atoms with Crippen LogP contribution in [0.5, 0.6) is 11.5 Å². The van der Waals surface area contributed by atoms with Gasteiger partial charge in [-0.25, -0.2) is 0 Å². The number of hydrogen-bond acceptors (Lipinski definition) is 1. The summed E-state index contributed by atoms with van der Waals surface area (Å²) < 4.78 is 5.62. The largest absolute Gasteiger partial charge is 0.457 e. The van der Waals surface area contributed by atoms with Crippen LogP contribution in [0.15, 0.2) is 36.4 Å². The molecule has 5 heteroatoms. The Bertz CT molecular complexity index is 549. The van der Waals surface area contributed by atoms with Crippen molar-refractivity contribution >= 4 is 46.4 Å². The number of alkyl halides is 1. The van der Waals surface area contributed by atoms with Gasteiger partial charge in [0.2, 0.25) is 0 Å². The van der Waals surface area contributed by atoms with E-state index >= 15 is 0 Å². The van der Waals surface area contributed by atoms with Gasteiger partial charge in [-0.3, -0.25) is 0 Å². The van der Waals surface area contributed by atoms with E-state index in [1.807, 2.05) is 6.07 Å². The predicted molar refractivity (Wildman–Crippen MR) is 77.5 cm³/mol. The molecule has 0 aromatic heterocycles. The van der Waals surface area contributed by atoms with Gasteiger partial charge in [-0.1, -0.05) is 40.9 Å². The Hall–Kier alpha value is -0.600. The van der Waals surface area contributed by atoms with Gasteiger partial charge >= 0.3 is 0 Å². The molecule has 0 saturated heterocycles. The summed E-state index contributed by atoms with van der Waals surface area (Å²) >= 11 is 23.5. The summed E-state index contributed by atoms with van der Waals surface area (Å²) in [4.78, 5) is 0. The van der Waals surface area contributed by atoms with Crippen molar-refractivity contribution in [3.05, 3.63) is 57.0 Å². The van der Waals surface area contributed by atoms with Gasteiger partial charge in [-0.05, 0) is 35.9 Å². The Morgan fingerprint density at radius 3 is 2.06 bits per heavy atom. The van der Waals surface area contributed by atoms with E-state index in [1.54, 1.807) is 30.3 Å². The molecule has 0 atom stereocenters. The SMILES string of the molecule is ClCc1ccc(Oc2cc(Cl)cc(Cl)c2)cc1Cl. The zero-order valence-electron chi connectivity index (χ0n) is 9.09. The van der Waals surface area contributed by atoms with E-state index in [0.29, 0.717) is 32.4 Å². The smallest absolute Gasteiger partial charge is 0.130 e. The van der Waals surface area contributed by atoms with E-state index < -0.39 is 0 Å². The zero-order chi connectivity index (χ0) is 13.1. The molecule has 94 valence electrons. The quantitative estimate of drug-likeness (QED) is 0.613. The first-order valence-corrected chi connectivity index (χ1v) is 6.73. The monoisotopic (exact) mass is 320 g/mol. The van der Waals surface area contributed by atoms with Crippen molar-refractivity contribution in [1.29, 1.82) is 0 Å². The second kappa shape index (κ2) is 6.03. The average Bonchev–Trinajstić information content (AvgIpc) is 2.27. The molecule has 0 amide bonds. The molecule has 2 aromatic rings. The first-order valence-electron chi connectivity index (χ1n) is 5.07. The topological polar surface area (TPSA) is 9.23 Å². The molecule has 0 heterocycles. The maximum Gasteiger partial charge on any atom is 0.130 e. The van der Waals surface area contributed by atoms with Gasteiger partial charge in [0, 0.05) is 20.9 Å².